The highest BCUT2D eigenvalue weighted by Crippen LogP contribution is 2.57. The molecular weight excluding hydrogens is 442 g/mol. The van der Waals surface area contributed by atoms with Gasteiger partial charge in [-0.2, -0.15) is 0 Å². The van der Waals surface area contributed by atoms with Crippen molar-refractivity contribution in [3.05, 3.63) is 65.6 Å². The van der Waals surface area contributed by atoms with Crippen LogP contribution in [0, 0.1) is 0 Å². The maximum Gasteiger partial charge on any atom is 0.254 e. The summed E-state index contributed by atoms with van der Waals surface area (Å²) >= 11 is 0. The third kappa shape index (κ3) is 3.96. The smallest absolute Gasteiger partial charge is 0.254 e. The van der Waals surface area contributed by atoms with Gasteiger partial charge in [-0.1, -0.05) is 6.07 Å². The highest BCUT2D eigenvalue weighted by Gasteiger charge is 2.52. The summed E-state index contributed by atoms with van der Waals surface area (Å²) in [6.45, 7) is 6.74. The molecule has 1 aliphatic carbocycles. The Labute approximate surface area is 204 Å². The molecule has 4 heterocycles. The summed E-state index contributed by atoms with van der Waals surface area (Å²) in [7, 11) is 0. The van der Waals surface area contributed by atoms with Gasteiger partial charge < -0.3 is 19.6 Å². The first-order valence-electron chi connectivity index (χ1n) is 12.1. The molecule has 6 rings (SSSR count). The van der Waals surface area contributed by atoms with Gasteiger partial charge in [-0.15, -0.1) is 0 Å². The maximum atomic E-state index is 13.1. The molecule has 1 N–H and O–H groups in total. The standard InChI is InChI=1S/C27H29N5O3/c1-26(2,34)20-5-8-28-22(14-20)19-15-29-25(30-16-19)32-17-27(6-7-27)21-4-3-18(13-23(21)32)24(33)31-9-11-35-12-10-31/h3-5,8,13-16,34H,6-7,9-12,17H2,1-2H3. The first kappa shape index (κ1) is 22.1. The third-order valence-corrected chi connectivity index (χ3v) is 7.36. The fourth-order valence-corrected chi connectivity index (χ4v) is 5.08. The highest BCUT2D eigenvalue weighted by atomic mass is 16.5. The number of hydrogen-bond donors (Lipinski definition) is 1. The molecule has 8 heteroatoms. The SMILES string of the molecule is CC(C)(O)c1ccnc(-c2cnc(N3CC4(CC4)c4ccc(C(=O)N5CCOCC5)cc43)nc2)c1. The molecule has 0 bridgehead atoms. The van der Waals surface area contributed by atoms with Crippen molar-refractivity contribution >= 4 is 17.5 Å². The minimum Gasteiger partial charge on any atom is -0.386 e. The normalized spacial score (nSPS) is 18.6. The zero-order valence-electron chi connectivity index (χ0n) is 20.1. The van der Waals surface area contributed by atoms with E-state index in [1.807, 2.05) is 29.2 Å². The van der Waals surface area contributed by atoms with E-state index in [1.54, 1.807) is 32.4 Å². The molecule has 180 valence electrons. The van der Waals surface area contributed by atoms with E-state index in [-0.39, 0.29) is 11.3 Å². The van der Waals surface area contributed by atoms with Crippen molar-refractivity contribution < 1.29 is 14.6 Å². The van der Waals surface area contributed by atoms with Crippen molar-refractivity contribution in [3.63, 3.8) is 0 Å². The highest BCUT2D eigenvalue weighted by molar-refractivity contribution is 5.96. The Morgan fingerprint density at radius 2 is 1.80 bits per heavy atom. The van der Waals surface area contributed by atoms with E-state index in [0.29, 0.717) is 37.8 Å². The Bertz CT molecular complexity index is 1270. The van der Waals surface area contributed by atoms with Crippen molar-refractivity contribution in [2.75, 3.05) is 37.7 Å². The van der Waals surface area contributed by atoms with Gasteiger partial charge in [-0.25, -0.2) is 9.97 Å². The van der Waals surface area contributed by atoms with Crippen LogP contribution in [0.3, 0.4) is 0 Å². The van der Waals surface area contributed by atoms with Crippen LogP contribution in [0.2, 0.25) is 0 Å². The lowest BCUT2D eigenvalue weighted by atomic mass is 9.97. The van der Waals surface area contributed by atoms with Crippen LogP contribution in [0.4, 0.5) is 11.6 Å². The number of benzene rings is 1. The third-order valence-electron chi connectivity index (χ3n) is 7.36. The van der Waals surface area contributed by atoms with Gasteiger partial charge in [0.2, 0.25) is 5.95 Å². The van der Waals surface area contributed by atoms with Crippen LogP contribution in [0.15, 0.2) is 48.9 Å². The second-order valence-electron chi connectivity index (χ2n) is 10.3. The van der Waals surface area contributed by atoms with E-state index < -0.39 is 5.60 Å². The molecule has 1 saturated heterocycles. The lowest BCUT2D eigenvalue weighted by Crippen LogP contribution is -2.40. The fourth-order valence-electron chi connectivity index (χ4n) is 5.08. The lowest BCUT2D eigenvalue weighted by molar-refractivity contribution is 0.0303. The van der Waals surface area contributed by atoms with Crippen molar-refractivity contribution in [2.24, 2.45) is 0 Å². The summed E-state index contributed by atoms with van der Waals surface area (Å²) in [6.07, 6.45) is 7.52. The number of hydrogen-bond acceptors (Lipinski definition) is 7. The van der Waals surface area contributed by atoms with Crippen LogP contribution in [-0.4, -0.2) is 63.7 Å². The Morgan fingerprint density at radius 3 is 2.49 bits per heavy atom. The number of carbonyl (C=O) groups excluding carboxylic acids is 1. The second kappa shape index (κ2) is 8.10. The minimum absolute atomic E-state index is 0.0434. The number of amides is 1. The average molecular weight is 472 g/mol. The van der Waals surface area contributed by atoms with Gasteiger partial charge in [0.05, 0.1) is 24.5 Å². The second-order valence-corrected chi connectivity index (χ2v) is 10.3. The zero-order valence-corrected chi connectivity index (χ0v) is 20.1. The first-order chi connectivity index (χ1) is 16.8. The van der Waals surface area contributed by atoms with E-state index in [1.165, 1.54) is 5.56 Å². The van der Waals surface area contributed by atoms with Gasteiger partial charge >= 0.3 is 0 Å². The number of ether oxygens (including phenoxy) is 1. The van der Waals surface area contributed by atoms with Gasteiger partial charge in [-0.3, -0.25) is 9.78 Å². The van der Waals surface area contributed by atoms with Crippen molar-refractivity contribution in [1.29, 1.82) is 0 Å². The Morgan fingerprint density at radius 1 is 1.06 bits per heavy atom. The molecule has 0 radical (unpaired) electrons. The molecule has 1 aromatic carbocycles. The van der Waals surface area contributed by atoms with Gasteiger partial charge in [0, 0.05) is 60.5 Å². The van der Waals surface area contributed by atoms with Gasteiger partial charge in [0.15, 0.2) is 0 Å². The van der Waals surface area contributed by atoms with Crippen LogP contribution in [0.25, 0.3) is 11.3 Å². The summed E-state index contributed by atoms with van der Waals surface area (Å²) in [5, 5.41) is 10.3. The number of nitrogens with zero attached hydrogens (tertiary/aromatic N) is 5. The van der Waals surface area contributed by atoms with E-state index in [4.69, 9.17) is 4.74 Å². The lowest BCUT2D eigenvalue weighted by Gasteiger charge is -2.27. The summed E-state index contributed by atoms with van der Waals surface area (Å²) in [6, 6.07) is 9.77. The topological polar surface area (TPSA) is 91.7 Å². The van der Waals surface area contributed by atoms with Crippen molar-refractivity contribution in [2.45, 2.75) is 37.7 Å². The average Bonchev–Trinajstić information content (AvgIpc) is 3.60. The Kier molecular flexibility index (Phi) is 5.12. The summed E-state index contributed by atoms with van der Waals surface area (Å²) < 4.78 is 5.40. The number of carbonyl (C=O) groups is 1. The molecule has 2 aliphatic heterocycles. The molecule has 1 spiro atoms. The van der Waals surface area contributed by atoms with Gasteiger partial charge in [0.25, 0.3) is 5.91 Å². The predicted octanol–water partition coefficient (Wildman–Crippen LogP) is 3.42. The van der Waals surface area contributed by atoms with Crippen LogP contribution in [-0.2, 0) is 15.8 Å². The molecule has 0 unspecified atom stereocenters. The number of morpholine rings is 1. The predicted molar refractivity (Wildman–Crippen MR) is 132 cm³/mol. The van der Waals surface area contributed by atoms with Crippen molar-refractivity contribution in [1.82, 2.24) is 19.9 Å². The molecule has 3 aromatic rings. The monoisotopic (exact) mass is 471 g/mol. The molecule has 1 amide bonds. The minimum atomic E-state index is -0.952. The van der Waals surface area contributed by atoms with Gasteiger partial charge in [-0.05, 0) is 62.1 Å². The maximum absolute atomic E-state index is 13.1. The van der Waals surface area contributed by atoms with E-state index >= 15 is 0 Å². The Hall–Kier alpha value is -3.36. The van der Waals surface area contributed by atoms with E-state index in [2.05, 4.69) is 25.9 Å². The molecule has 8 nitrogen and oxygen atoms in total. The molecular formula is C27H29N5O3. The largest absolute Gasteiger partial charge is 0.386 e. The van der Waals surface area contributed by atoms with Gasteiger partial charge in [0.1, 0.15) is 0 Å². The van der Waals surface area contributed by atoms with Crippen LogP contribution in [0.5, 0.6) is 0 Å². The van der Waals surface area contributed by atoms with Crippen LogP contribution < -0.4 is 4.90 Å². The number of fused-ring (bicyclic) bond motifs is 2. The summed E-state index contributed by atoms with van der Waals surface area (Å²) in [5.41, 5.74) is 4.48. The van der Waals surface area contributed by atoms with Crippen molar-refractivity contribution in [3.8, 4) is 11.3 Å². The first-order valence-corrected chi connectivity index (χ1v) is 12.1. The number of aromatic nitrogens is 3. The van der Waals surface area contributed by atoms with E-state index in [0.717, 1.165) is 41.9 Å². The number of aliphatic hydroxyl groups is 1. The molecule has 0 atom stereocenters. The van der Waals surface area contributed by atoms with Crippen LogP contribution >= 0.6 is 0 Å². The fraction of sp³-hybridized carbons (Fsp3) is 0.407. The summed E-state index contributed by atoms with van der Waals surface area (Å²) in [5.74, 6) is 0.662. The van der Waals surface area contributed by atoms with E-state index in [9.17, 15) is 9.90 Å². The quantitative estimate of drug-likeness (QED) is 0.623. The molecule has 1 saturated carbocycles. The Balaban J connectivity index is 1.30. The molecule has 2 fully saturated rings. The summed E-state index contributed by atoms with van der Waals surface area (Å²) in [4.78, 5) is 30.9. The number of pyridine rings is 1. The number of anilines is 2. The zero-order chi connectivity index (χ0) is 24.2. The number of rotatable bonds is 4. The molecule has 35 heavy (non-hydrogen) atoms. The molecule has 2 aromatic heterocycles. The van der Waals surface area contributed by atoms with Crippen LogP contribution in [0.1, 0.15) is 48.2 Å². The molecule has 3 aliphatic rings.